The summed E-state index contributed by atoms with van der Waals surface area (Å²) in [5, 5.41) is 0. The van der Waals surface area contributed by atoms with Gasteiger partial charge < -0.3 is 14.2 Å². The average molecular weight is 380 g/mol. The number of hydrogen-bond acceptors (Lipinski definition) is 4. The first-order valence-electron chi connectivity index (χ1n) is 10.3. The van der Waals surface area contributed by atoms with Crippen molar-refractivity contribution in [1.82, 2.24) is 0 Å². The van der Waals surface area contributed by atoms with Crippen molar-refractivity contribution in [3.63, 3.8) is 0 Å². The number of carbonyl (C=O) groups is 1. The molecule has 0 spiro atoms. The van der Waals surface area contributed by atoms with Crippen LogP contribution in [0.3, 0.4) is 0 Å². The minimum absolute atomic E-state index is 0.0580. The molecular weight excluding hydrogens is 352 g/mol. The minimum atomic E-state index is -0.0580. The fraction of sp³-hybridized carbons (Fsp3) is 0.458. The zero-order valence-corrected chi connectivity index (χ0v) is 16.4. The summed E-state index contributed by atoms with van der Waals surface area (Å²) in [6, 6.07) is 18.3. The molecule has 0 amide bonds. The highest BCUT2D eigenvalue weighted by molar-refractivity contribution is 5.75. The summed E-state index contributed by atoms with van der Waals surface area (Å²) in [5.41, 5.74) is 1.34. The second kappa shape index (κ2) is 8.78. The molecule has 0 aromatic heterocycles. The Bertz CT molecular complexity index is 782. The van der Waals surface area contributed by atoms with E-state index in [0.29, 0.717) is 31.0 Å². The van der Waals surface area contributed by atoms with Crippen molar-refractivity contribution < 1.29 is 19.0 Å². The van der Waals surface area contributed by atoms with Crippen LogP contribution in [0.4, 0.5) is 0 Å². The van der Waals surface area contributed by atoms with E-state index in [9.17, 15) is 4.79 Å². The van der Waals surface area contributed by atoms with Crippen molar-refractivity contribution in [2.45, 2.75) is 32.1 Å². The molecule has 2 unspecified atom stereocenters. The van der Waals surface area contributed by atoms with Gasteiger partial charge in [-0.15, -0.1) is 0 Å². The van der Waals surface area contributed by atoms with E-state index in [1.54, 1.807) is 0 Å². The zero-order chi connectivity index (χ0) is 19.3. The predicted molar refractivity (Wildman–Crippen MR) is 107 cm³/mol. The van der Waals surface area contributed by atoms with Gasteiger partial charge >= 0.3 is 5.97 Å². The molecule has 4 rings (SSSR count). The van der Waals surface area contributed by atoms with Crippen LogP contribution in [0.1, 0.15) is 37.7 Å². The summed E-state index contributed by atoms with van der Waals surface area (Å²) < 4.78 is 16.9. The Morgan fingerprint density at radius 2 is 1.75 bits per heavy atom. The van der Waals surface area contributed by atoms with Crippen molar-refractivity contribution in [2.24, 2.45) is 17.8 Å². The van der Waals surface area contributed by atoms with Crippen molar-refractivity contribution in [2.75, 3.05) is 19.8 Å². The summed E-state index contributed by atoms with van der Waals surface area (Å²) in [6.07, 6.45) is 3.22. The normalized spacial score (nSPS) is 25.6. The Morgan fingerprint density at radius 1 is 0.964 bits per heavy atom. The molecule has 2 aliphatic rings. The number of esters is 1. The van der Waals surface area contributed by atoms with Gasteiger partial charge in [-0.1, -0.05) is 30.3 Å². The smallest absolute Gasteiger partial charge is 0.309 e. The minimum Gasteiger partial charge on any atom is -0.466 e. The summed E-state index contributed by atoms with van der Waals surface area (Å²) in [4.78, 5) is 11.6. The second-order valence-electron chi connectivity index (χ2n) is 7.91. The third-order valence-corrected chi connectivity index (χ3v) is 5.74. The molecule has 28 heavy (non-hydrogen) atoms. The SMILES string of the molecule is CCOC(=O)C1CC1COCC1CC(c2cccc(Oc3ccccc3)c2)C1. The van der Waals surface area contributed by atoms with Crippen LogP contribution in [0, 0.1) is 17.8 Å². The summed E-state index contributed by atoms with van der Waals surface area (Å²) in [5.74, 6) is 3.33. The first-order chi connectivity index (χ1) is 13.7. The standard InChI is InChI=1S/C24H28O4/c1-2-27-24(25)23-14-20(23)16-26-15-17-11-19(12-17)18-7-6-10-22(13-18)28-21-8-4-3-5-9-21/h3-10,13,17,19-20,23H,2,11-12,14-16H2,1H3. The number of carbonyl (C=O) groups excluding carboxylic acids is 1. The largest absolute Gasteiger partial charge is 0.466 e. The highest BCUT2D eigenvalue weighted by atomic mass is 16.5. The van der Waals surface area contributed by atoms with Gasteiger partial charge in [0.2, 0.25) is 0 Å². The lowest BCUT2D eigenvalue weighted by Gasteiger charge is -2.35. The number of benzene rings is 2. The number of hydrogen-bond donors (Lipinski definition) is 0. The van der Waals surface area contributed by atoms with E-state index < -0.39 is 0 Å². The van der Waals surface area contributed by atoms with E-state index in [0.717, 1.165) is 37.4 Å². The van der Waals surface area contributed by atoms with Crippen molar-refractivity contribution in [3.05, 3.63) is 60.2 Å². The molecule has 4 nitrogen and oxygen atoms in total. The number of ether oxygens (including phenoxy) is 3. The van der Waals surface area contributed by atoms with Crippen molar-refractivity contribution in [3.8, 4) is 11.5 Å². The molecule has 2 aromatic carbocycles. The maximum atomic E-state index is 11.6. The molecule has 148 valence electrons. The van der Waals surface area contributed by atoms with Gasteiger partial charge in [0.1, 0.15) is 11.5 Å². The molecule has 2 saturated carbocycles. The zero-order valence-electron chi connectivity index (χ0n) is 16.4. The molecule has 0 N–H and O–H groups in total. The molecule has 0 bridgehead atoms. The van der Waals surface area contributed by atoms with Crippen LogP contribution in [0.25, 0.3) is 0 Å². The molecule has 2 aliphatic carbocycles. The van der Waals surface area contributed by atoms with Crippen LogP contribution in [0.15, 0.2) is 54.6 Å². The van der Waals surface area contributed by atoms with Crippen molar-refractivity contribution >= 4 is 5.97 Å². The monoisotopic (exact) mass is 380 g/mol. The molecule has 0 aliphatic heterocycles. The van der Waals surface area contributed by atoms with E-state index in [1.807, 2.05) is 43.3 Å². The van der Waals surface area contributed by atoms with Gasteiger partial charge in [0.25, 0.3) is 0 Å². The highest BCUT2D eigenvalue weighted by Crippen LogP contribution is 2.44. The summed E-state index contributed by atoms with van der Waals surface area (Å²) in [7, 11) is 0. The van der Waals surface area contributed by atoms with Gasteiger partial charge in [-0.05, 0) is 73.8 Å². The molecular formula is C24H28O4. The number of para-hydroxylation sites is 1. The average Bonchev–Trinajstić information content (AvgIpc) is 3.44. The lowest BCUT2D eigenvalue weighted by atomic mass is 9.72. The van der Waals surface area contributed by atoms with Crippen LogP contribution in [0.2, 0.25) is 0 Å². The molecule has 2 fully saturated rings. The quantitative estimate of drug-likeness (QED) is 0.562. The van der Waals surface area contributed by atoms with Crippen LogP contribution in [-0.4, -0.2) is 25.8 Å². The molecule has 2 aromatic rings. The van der Waals surface area contributed by atoms with Gasteiger partial charge in [0.15, 0.2) is 0 Å². The van der Waals surface area contributed by atoms with E-state index in [-0.39, 0.29) is 11.9 Å². The Hall–Kier alpha value is -2.33. The van der Waals surface area contributed by atoms with Crippen LogP contribution in [0.5, 0.6) is 11.5 Å². The third kappa shape index (κ3) is 4.74. The molecule has 4 heteroatoms. The Kier molecular flexibility index (Phi) is 5.96. The Labute approximate surface area is 166 Å². The number of rotatable bonds is 9. The highest BCUT2D eigenvalue weighted by Gasteiger charge is 2.44. The second-order valence-corrected chi connectivity index (χ2v) is 7.91. The summed E-state index contributed by atoms with van der Waals surface area (Å²) in [6.45, 7) is 3.79. The van der Waals surface area contributed by atoms with Crippen LogP contribution >= 0.6 is 0 Å². The van der Waals surface area contributed by atoms with Gasteiger partial charge in [-0.2, -0.15) is 0 Å². The van der Waals surface area contributed by atoms with Gasteiger partial charge in [0.05, 0.1) is 19.1 Å². The molecule has 0 saturated heterocycles. The Morgan fingerprint density at radius 3 is 2.54 bits per heavy atom. The van der Waals surface area contributed by atoms with Crippen LogP contribution < -0.4 is 4.74 Å². The Balaban J connectivity index is 1.18. The molecule has 0 heterocycles. The van der Waals surface area contributed by atoms with E-state index >= 15 is 0 Å². The van der Waals surface area contributed by atoms with Gasteiger partial charge in [-0.3, -0.25) is 4.79 Å². The first kappa shape index (κ1) is 19.0. The van der Waals surface area contributed by atoms with Gasteiger partial charge in [0, 0.05) is 6.61 Å². The fourth-order valence-corrected chi connectivity index (χ4v) is 3.96. The topological polar surface area (TPSA) is 44.8 Å². The maximum Gasteiger partial charge on any atom is 0.309 e. The molecule has 0 radical (unpaired) electrons. The lowest BCUT2D eigenvalue weighted by Crippen LogP contribution is -2.26. The maximum absolute atomic E-state index is 11.6. The van der Waals surface area contributed by atoms with E-state index in [1.165, 1.54) is 5.56 Å². The lowest BCUT2D eigenvalue weighted by molar-refractivity contribution is -0.145. The predicted octanol–water partition coefficient (Wildman–Crippen LogP) is 5.19. The third-order valence-electron chi connectivity index (χ3n) is 5.74. The van der Waals surface area contributed by atoms with Crippen molar-refractivity contribution in [1.29, 1.82) is 0 Å². The first-order valence-corrected chi connectivity index (χ1v) is 10.3. The summed E-state index contributed by atoms with van der Waals surface area (Å²) >= 11 is 0. The van der Waals surface area contributed by atoms with E-state index in [2.05, 4.69) is 18.2 Å². The molecule has 2 atom stereocenters. The van der Waals surface area contributed by atoms with Gasteiger partial charge in [-0.25, -0.2) is 0 Å². The van der Waals surface area contributed by atoms with E-state index in [4.69, 9.17) is 14.2 Å². The van der Waals surface area contributed by atoms with Crippen LogP contribution in [-0.2, 0) is 14.3 Å². The fourth-order valence-electron chi connectivity index (χ4n) is 3.96.